The highest BCUT2D eigenvalue weighted by atomic mass is 32.3. The summed E-state index contributed by atoms with van der Waals surface area (Å²) in [4.78, 5) is 11.3. The molecule has 0 aromatic carbocycles. The molecule has 0 N–H and O–H groups in total. The van der Waals surface area contributed by atoms with Gasteiger partial charge in [-0.3, -0.25) is 4.79 Å². The van der Waals surface area contributed by atoms with Crippen LogP contribution < -0.4 is 0 Å². The van der Waals surface area contributed by atoms with Crippen LogP contribution in [-0.2, 0) is 4.79 Å². The van der Waals surface area contributed by atoms with Gasteiger partial charge in [-0.1, -0.05) is 0 Å². The van der Waals surface area contributed by atoms with Crippen LogP contribution in [0, 0.1) is 0 Å². The van der Waals surface area contributed by atoms with Crippen molar-refractivity contribution in [2.24, 2.45) is 0 Å². The normalized spacial score (nSPS) is 12.9. The molecule has 0 saturated carbocycles. The van der Waals surface area contributed by atoms with E-state index < -0.39 is 85.5 Å². The van der Waals surface area contributed by atoms with Gasteiger partial charge in [0.15, 0.2) is 0 Å². The summed E-state index contributed by atoms with van der Waals surface area (Å²) in [5.41, 5.74) is 0. The smallest absolute Gasteiger partial charge is 0.260 e. The van der Waals surface area contributed by atoms with Crippen molar-refractivity contribution in [3.63, 3.8) is 0 Å². The lowest BCUT2D eigenvalue weighted by atomic mass is 10.5. The van der Waals surface area contributed by atoms with Crippen LogP contribution in [0.1, 0.15) is 0 Å². The molecule has 0 aliphatic carbocycles. The summed E-state index contributed by atoms with van der Waals surface area (Å²) in [7, 11) is 0. The largest absolute Gasteiger partial charge is 0.292 e. The average Bonchev–Trinajstić information content (AvgIpc) is 2.35. The number of Topliss-reactive ketones (excluding diaryl/α,β-unsaturated/α-hetero) is 1. The van der Waals surface area contributed by atoms with Gasteiger partial charge >= 0.3 is 0 Å². The number of hydrogen-bond donors (Lipinski definition) is 0. The fourth-order valence-corrected chi connectivity index (χ4v) is 2.96. The maximum absolute atomic E-state index is 12.3. The van der Waals surface area contributed by atoms with E-state index in [1.165, 1.54) is 0 Å². The Kier molecular flexibility index (Phi) is 8.36. The van der Waals surface area contributed by atoms with Crippen LogP contribution in [0.3, 0.4) is 0 Å². The van der Waals surface area contributed by atoms with E-state index in [0.29, 0.717) is 0 Å². The van der Waals surface area contributed by atoms with Crippen LogP contribution in [0.2, 0.25) is 0 Å². The van der Waals surface area contributed by atoms with E-state index in [-0.39, 0.29) is 0 Å². The molecule has 0 spiro atoms. The summed E-state index contributed by atoms with van der Waals surface area (Å²) in [6, 6.07) is 0. The second-order valence-electron chi connectivity index (χ2n) is 1.90. The van der Waals surface area contributed by atoms with Gasteiger partial charge in [-0.25, -0.2) is 0 Å². The molecule has 0 fully saturated rings. The van der Waals surface area contributed by atoms with Gasteiger partial charge in [-0.15, -0.1) is 0 Å². The molecule has 0 saturated heterocycles. The fraction of sp³-hybridized carbons (Fsp3) is 0.667. The zero-order chi connectivity index (χ0) is 12.8. The quantitative estimate of drug-likeness (QED) is 0.411. The minimum absolute atomic E-state index is 1.12. The van der Waals surface area contributed by atoms with Crippen molar-refractivity contribution in [3.8, 4) is 0 Å². The molecule has 0 amide bonds. The number of hydrogen-bond acceptors (Lipinski definition) is 7. The highest BCUT2D eigenvalue weighted by Crippen LogP contribution is 2.59. The van der Waals surface area contributed by atoms with E-state index in [0.717, 1.165) is 0 Å². The Morgan fingerprint density at radius 1 is 0.625 bits per heavy atom. The molecule has 1 nitrogen and oxygen atoms in total. The Morgan fingerprint density at radius 2 is 0.812 bits per heavy atom. The Balaban J connectivity index is 5.26. The minimum Gasteiger partial charge on any atom is -0.292 e. The van der Waals surface area contributed by atoms with E-state index in [1.54, 1.807) is 0 Å². The van der Waals surface area contributed by atoms with Crippen LogP contribution in [-0.4, -0.2) is 12.6 Å². The molecule has 0 aliphatic heterocycles. The Labute approximate surface area is 113 Å². The van der Waals surface area contributed by atoms with Gasteiger partial charge in [-0.2, -0.15) is 23.3 Å². The molecule has 16 heavy (non-hydrogen) atoms. The third kappa shape index (κ3) is 3.22. The number of ketones is 1. The first-order valence-electron chi connectivity index (χ1n) is 2.85. The molecular formula is C3F6OS6. The zero-order valence-electron chi connectivity index (χ0n) is 6.63. The monoisotopic (exact) mass is 358 g/mol. The summed E-state index contributed by atoms with van der Waals surface area (Å²) in [6.07, 6.45) is 0. The van der Waals surface area contributed by atoms with Crippen LogP contribution >= 0.6 is 72.9 Å². The number of carbonyl (C=O) groups excluding carboxylic acids is 1. The lowest BCUT2D eigenvalue weighted by Crippen LogP contribution is -2.39. The van der Waals surface area contributed by atoms with Gasteiger partial charge in [0.2, 0.25) is 5.78 Å². The molecule has 0 aromatic heterocycles. The molecule has 0 heterocycles. The SMILES string of the molecule is O=C(C(SF)(SF)SF)C(SF)(SF)SF. The summed E-state index contributed by atoms with van der Waals surface area (Å²) in [5.74, 6) is -1.94. The van der Waals surface area contributed by atoms with Crippen LogP contribution in [0.5, 0.6) is 0 Å². The molecule has 13 heteroatoms. The number of rotatable bonds is 8. The van der Waals surface area contributed by atoms with Gasteiger partial charge in [0, 0.05) is 0 Å². The van der Waals surface area contributed by atoms with Crippen molar-refractivity contribution >= 4 is 78.7 Å². The van der Waals surface area contributed by atoms with E-state index in [1.807, 2.05) is 0 Å². The fourth-order valence-electron chi connectivity index (χ4n) is 0.469. The zero-order valence-corrected chi connectivity index (χ0v) is 11.5. The molecule has 0 radical (unpaired) electrons. The first-order valence-corrected chi connectivity index (χ1v) is 7.16. The lowest BCUT2D eigenvalue weighted by Gasteiger charge is -2.25. The third-order valence-electron chi connectivity index (χ3n) is 1.17. The summed E-state index contributed by atoms with van der Waals surface area (Å²) in [5, 5.41) is 0. The van der Waals surface area contributed by atoms with Crippen LogP contribution in [0.25, 0.3) is 0 Å². The molecule has 96 valence electrons. The third-order valence-corrected chi connectivity index (χ3v) is 5.76. The maximum Gasteiger partial charge on any atom is 0.260 e. The van der Waals surface area contributed by atoms with Crippen molar-refractivity contribution in [3.05, 3.63) is 0 Å². The lowest BCUT2D eigenvalue weighted by molar-refractivity contribution is -0.116. The second-order valence-corrected chi connectivity index (χ2v) is 8.05. The Bertz CT molecular complexity index is 194. The first kappa shape index (κ1) is 17.3. The minimum atomic E-state index is -3.10. The van der Waals surface area contributed by atoms with Crippen molar-refractivity contribution in [2.75, 3.05) is 0 Å². The van der Waals surface area contributed by atoms with E-state index in [4.69, 9.17) is 0 Å². The van der Waals surface area contributed by atoms with Gasteiger partial charge in [0.1, 0.15) is 0 Å². The van der Waals surface area contributed by atoms with E-state index in [9.17, 15) is 28.1 Å². The Hall–Kier alpha value is 1.35. The van der Waals surface area contributed by atoms with Crippen molar-refractivity contribution in [2.45, 2.75) is 6.82 Å². The van der Waals surface area contributed by atoms with Gasteiger partial charge in [0.25, 0.3) is 6.82 Å². The van der Waals surface area contributed by atoms with Gasteiger partial charge in [0.05, 0.1) is 72.9 Å². The molecule has 0 bridgehead atoms. The maximum atomic E-state index is 12.3. The highest BCUT2D eigenvalue weighted by molar-refractivity contribution is 8.34. The molecule has 0 rings (SSSR count). The average molecular weight is 358 g/mol. The summed E-state index contributed by atoms with van der Waals surface area (Å²) in [6.45, 7) is 0. The van der Waals surface area contributed by atoms with Gasteiger partial charge < -0.3 is 0 Å². The van der Waals surface area contributed by atoms with E-state index >= 15 is 0 Å². The number of carbonyl (C=O) groups is 1. The molecule has 0 aliphatic rings. The van der Waals surface area contributed by atoms with Crippen molar-refractivity contribution in [1.82, 2.24) is 0 Å². The standard InChI is InChI=1S/C3F6OS6/c4-11-2(12-5,13-6)1(10)3(14-7,15-8)16-9. The number of halogens is 6. The first-order chi connectivity index (χ1) is 7.52. The molecular weight excluding hydrogens is 358 g/mol. The highest BCUT2D eigenvalue weighted by Gasteiger charge is 2.59. The second kappa shape index (κ2) is 7.71. The van der Waals surface area contributed by atoms with E-state index in [2.05, 4.69) is 0 Å². The molecule has 0 aromatic rings. The summed E-state index contributed by atoms with van der Waals surface area (Å²) >= 11 is -6.69. The van der Waals surface area contributed by atoms with Crippen LogP contribution in [0.15, 0.2) is 0 Å². The molecule has 0 unspecified atom stereocenters. The van der Waals surface area contributed by atoms with Gasteiger partial charge in [-0.05, 0) is 0 Å². The Morgan fingerprint density at radius 3 is 0.938 bits per heavy atom. The van der Waals surface area contributed by atoms with Crippen molar-refractivity contribution in [1.29, 1.82) is 0 Å². The molecule has 0 atom stereocenters. The predicted molar refractivity (Wildman–Crippen MR) is 62.7 cm³/mol. The topological polar surface area (TPSA) is 17.1 Å². The van der Waals surface area contributed by atoms with Crippen molar-refractivity contribution < 1.29 is 28.1 Å². The summed E-state index contributed by atoms with van der Waals surface area (Å²) < 4.78 is 67.5. The predicted octanol–water partition coefficient (Wildman–Crippen LogP) is 5.57. The van der Waals surface area contributed by atoms with Crippen LogP contribution in [0.4, 0.5) is 23.3 Å².